The number of carbonyl (C=O) groups is 2. The van der Waals surface area contributed by atoms with Gasteiger partial charge in [-0.2, -0.15) is 0 Å². The Morgan fingerprint density at radius 3 is 2.60 bits per heavy atom. The van der Waals surface area contributed by atoms with E-state index in [-0.39, 0.29) is 41.2 Å². The van der Waals surface area contributed by atoms with Crippen LogP contribution in [0.1, 0.15) is 40.2 Å². The molecule has 2 aliphatic heterocycles. The number of rotatable bonds is 5. The van der Waals surface area contributed by atoms with Gasteiger partial charge in [-0.15, -0.1) is 11.3 Å². The van der Waals surface area contributed by atoms with Gasteiger partial charge in [-0.3, -0.25) is 14.6 Å². The second-order valence-corrected chi connectivity index (χ2v) is 13.5. The van der Waals surface area contributed by atoms with E-state index in [1.54, 1.807) is 12.1 Å². The van der Waals surface area contributed by atoms with Crippen molar-refractivity contribution in [3.63, 3.8) is 0 Å². The van der Waals surface area contributed by atoms with Crippen molar-refractivity contribution in [2.45, 2.75) is 44.2 Å². The number of carbonyl (C=O) groups excluding carboxylic acids is 2. The Kier molecular flexibility index (Phi) is 7.65. The summed E-state index contributed by atoms with van der Waals surface area (Å²) in [6.07, 6.45) is 1.18. The SMILES string of the molecule is Cc1cc(-c2cccc(-c3csc(NC(=O)[C@@H]4CCCN4C(=O)c4ccc5c(c4)S(=O)(=O)CCOC5)n3)c2)cc(C)n1. The molecule has 1 saturated heterocycles. The third kappa shape index (κ3) is 5.72. The molecule has 2 aliphatic rings. The predicted molar refractivity (Wildman–Crippen MR) is 161 cm³/mol. The van der Waals surface area contributed by atoms with Gasteiger partial charge in [0.1, 0.15) is 6.04 Å². The maximum Gasteiger partial charge on any atom is 0.254 e. The number of pyridine rings is 1. The molecule has 0 aliphatic carbocycles. The molecule has 6 rings (SSSR count). The molecule has 1 atom stereocenters. The summed E-state index contributed by atoms with van der Waals surface area (Å²) in [6, 6.07) is 16.2. The standard InChI is InChI=1S/C31H30N4O5S2/c1-19-13-25(14-20(2)32-19)21-5-3-6-22(15-21)26-18-41-31(33-26)34-29(36)27-7-4-10-35(27)30(37)23-8-9-24-17-40-11-12-42(38,39)28(24)16-23/h3,5-6,8-9,13-16,18,27H,4,7,10-12,17H2,1-2H3,(H,33,34,36)/t27-/m0/s1. The summed E-state index contributed by atoms with van der Waals surface area (Å²) in [7, 11) is -3.56. The minimum absolute atomic E-state index is 0.114. The summed E-state index contributed by atoms with van der Waals surface area (Å²) in [4.78, 5) is 37.6. The highest BCUT2D eigenvalue weighted by Gasteiger charge is 2.35. The number of hydrogen-bond donors (Lipinski definition) is 1. The third-order valence-electron chi connectivity index (χ3n) is 7.53. The van der Waals surface area contributed by atoms with E-state index < -0.39 is 15.9 Å². The molecule has 4 heterocycles. The molecule has 0 unspecified atom stereocenters. The number of amides is 2. The molecule has 11 heteroatoms. The van der Waals surface area contributed by atoms with E-state index in [4.69, 9.17) is 4.74 Å². The zero-order valence-electron chi connectivity index (χ0n) is 23.3. The van der Waals surface area contributed by atoms with E-state index in [9.17, 15) is 18.0 Å². The van der Waals surface area contributed by atoms with Crippen molar-refractivity contribution < 1.29 is 22.7 Å². The summed E-state index contributed by atoms with van der Waals surface area (Å²) in [5.74, 6) is -0.807. The quantitative estimate of drug-likeness (QED) is 0.340. The van der Waals surface area contributed by atoms with Crippen molar-refractivity contribution in [2.24, 2.45) is 0 Å². The van der Waals surface area contributed by atoms with E-state index in [0.29, 0.717) is 30.1 Å². The van der Waals surface area contributed by atoms with Crippen LogP contribution in [0.25, 0.3) is 22.4 Å². The van der Waals surface area contributed by atoms with Gasteiger partial charge in [-0.25, -0.2) is 13.4 Å². The molecular formula is C31H30N4O5S2. The third-order valence-corrected chi connectivity index (χ3v) is 10.0. The van der Waals surface area contributed by atoms with Crippen molar-refractivity contribution in [2.75, 3.05) is 24.2 Å². The van der Waals surface area contributed by atoms with Crippen LogP contribution in [0.5, 0.6) is 0 Å². The highest BCUT2D eigenvalue weighted by molar-refractivity contribution is 7.91. The molecule has 42 heavy (non-hydrogen) atoms. The van der Waals surface area contributed by atoms with Crippen molar-refractivity contribution >= 4 is 38.1 Å². The average molecular weight is 603 g/mol. The number of aromatic nitrogens is 2. The van der Waals surface area contributed by atoms with Crippen LogP contribution >= 0.6 is 11.3 Å². The topological polar surface area (TPSA) is 119 Å². The summed E-state index contributed by atoms with van der Waals surface area (Å²) in [5.41, 5.74) is 6.50. The molecule has 1 fully saturated rings. The average Bonchev–Trinajstić information content (AvgIpc) is 3.62. The number of sulfone groups is 1. The molecule has 0 bridgehead atoms. The zero-order chi connectivity index (χ0) is 29.4. The van der Waals surface area contributed by atoms with Gasteiger partial charge in [0, 0.05) is 34.4 Å². The molecule has 9 nitrogen and oxygen atoms in total. The van der Waals surface area contributed by atoms with Crippen LogP contribution in [0.2, 0.25) is 0 Å². The lowest BCUT2D eigenvalue weighted by Gasteiger charge is -2.24. The summed E-state index contributed by atoms with van der Waals surface area (Å²) >= 11 is 1.33. The highest BCUT2D eigenvalue weighted by atomic mass is 32.2. The van der Waals surface area contributed by atoms with Crippen LogP contribution in [0, 0.1) is 13.8 Å². The van der Waals surface area contributed by atoms with Gasteiger partial charge < -0.3 is 15.0 Å². The Labute approximate surface area is 248 Å². The zero-order valence-corrected chi connectivity index (χ0v) is 24.9. The highest BCUT2D eigenvalue weighted by Crippen LogP contribution is 2.31. The number of hydrogen-bond acceptors (Lipinski definition) is 8. The van der Waals surface area contributed by atoms with Crippen LogP contribution in [0.4, 0.5) is 5.13 Å². The minimum Gasteiger partial charge on any atom is -0.376 e. The van der Waals surface area contributed by atoms with Gasteiger partial charge in [0.05, 0.1) is 29.6 Å². The molecule has 2 aromatic carbocycles. The monoisotopic (exact) mass is 602 g/mol. The maximum atomic E-state index is 13.5. The number of fused-ring (bicyclic) bond motifs is 1. The molecule has 0 radical (unpaired) electrons. The van der Waals surface area contributed by atoms with E-state index in [2.05, 4.69) is 21.4 Å². The molecule has 2 amide bonds. The van der Waals surface area contributed by atoms with Crippen molar-refractivity contribution in [1.82, 2.24) is 14.9 Å². The Balaban J connectivity index is 1.18. The smallest absolute Gasteiger partial charge is 0.254 e. The lowest BCUT2D eigenvalue weighted by molar-refractivity contribution is -0.119. The summed E-state index contributed by atoms with van der Waals surface area (Å²) in [5, 5.41) is 5.25. The minimum atomic E-state index is -3.56. The second kappa shape index (κ2) is 11.4. The lowest BCUT2D eigenvalue weighted by Crippen LogP contribution is -2.43. The molecule has 0 saturated carbocycles. The first-order chi connectivity index (χ1) is 20.2. The largest absolute Gasteiger partial charge is 0.376 e. The fourth-order valence-corrected chi connectivity index (χ4v) is 7.63. The fraction of sp³-hybridized carbons (Fsp3) is 0.290. The molecule has 1 N–H and O–H groups in total. The number of ether oxygens (including phenoxy) is 1. The van der Waals surface area contributed by atoms with Crippen molar-refractivity contribution in [3.8, 4) is 22.4 Å². The first kappa shape index (κ1) is 28.2. The molecule has 0 spiro atoms. The Morgan fingerprint density at radius 1 is 1.00 bits per heavy atom. The molecule has 2 aromatic heterocycles. The van der Waals surface area contributed by atoms with E-state index in [1.165, 1.54) is 22.3 Å². The molecule has 4 aromatic rings. The van der Waals surface area contributed by atoms with Crippen molar-refractivity contribution in [3.05, 3.63) is 82.5 Å². The summed E-state index contributed by atoms with van der Waals surface area (Å²) in [6.45, 7) is 4.66. The van der Waals surface area contributed by atoms with Gasteiger partial charge in [0.25, 0.3) is 5.91 Å². The number of benzene rings is 2. The van der Waals surface area contributed by atoms with Crippen LogP contribution < -0.4 is 5.32 Å². The molecular weight excluding hydrogens is 572 g/mol. The number of nitrogens with one attached hydrogen (secondary N) is 1. The van der Waals surface area contributed by atoms with Gasteiger partial charge in [-0.1, -0.05) is 24.3 Å². The lowest BCUT2D eigenvalue weighted by atomic mass is 10.0. The molecule has 216 valence electrons. The summed E-state index contributed by atoms with van der Waals surface area (Å²) < 4.78 is 30.8. The normalized spacial score (nSPS) is 17.9. The number of likely N-dealkylation sites (tertiary alicyclic amines) is 1. The number of thiazole rings is 1. The van der Waals surface area contributed by atoms with Gasteiger partial charge in [0.2, 0.25) is 5.91 Å². The van der Waals surface area contributed by atoms with Gasteiger partial charge in [0.15, 0.2) is 15.0 Å². The predicted octanol–water partition coefficient (Wildman–Crippen LogP) is 5.04. The van der Waals surface area contributed by atoms with Crippen LogP contribution in [-0.2, 0) is 26.0 Å². The number of aryl methyl sites for hydroxylation is 2. The van der Waals surface area contributed by atoms with Crippen molar-refractivity contribution in [1.29, 1.82) is 0 Å². The van der Waals surface area contributed by atoms with E-state index >= 15 is 0 Å². The first-order valence-corrected chi connectivity index (χ1v) is 16.3. The van der Waals surface area contributed by atoms with Crippen LogP contribution in [0.15, 0.2) is 64.9 Å². The Hall–Kier alpha value is -3.93. The van der Waals surface area contributed by atoms with Crippen LogP contribution in [0.3, 0.4) is 0 Å². The fourth-order valence-electron chi connectivity index (χ4n) is 5.52. The Bertz CT molecular complexity index is 1780. The van der Waals surface area contributed by atoms with Gasteiger partial charge in [-0.05, 0) is 73.7 Å². The van der Waals surface area contributed by atoms with Gasteiger partial charge >= 0.3 is 0 Å². The van der Waals surface area contributed by atoms with E-state index in [1.807, 2.05) is 49.6 Å². The van der Waals surface area contributed by atoms with E-state index in [0.717, 1.165) is 33.8 Å². The first-order valence-electron chi connectivity index (χ1n) is 13.7. The maximum absolute atomic E-state index is 13.5. The Morgan fingerprint density at radius 2 is 1.79 bits per heavy atom. The second-order valence-electron chi connectivity index (χ2n) is 10.6. The number of anilines is 1. The van der Waals surface area contributed by atoms with Crippen LogP contribution in [-0.4, -0.2) is 60.0 Å². The number of nitrogens with zero attached hydrogens (tertiary/aromatic N) is 3.